The van der Waals surface area contributed by atoms with Crippen LogP contribution >= 0.6 is 11.6 Å². The number of rotatable bonds is 5. The van der Waals surface area contributed by atoms with Crippen molar-refractivity contribution < 1.29 is 31.1 Å². The summed E-state index contributed by atoms with van der Waals surface area (Å²) in [5, 5.41) is -0.152. The Morgan fingerprint density at radius 2 is 1.77 bits per heavy atom. The molecule has 1 aliphatic rings. The first-order valence-electron chi connectivity index (χ1n) is 9.29. The van der Waals surface area contributed by atoms with Gasteiger partial charge in [-0.1, -0.05) is 11.6 Å². The van der Waals surface area contributed by atoms with Crippen LogP contribution in [0.25, 0.3) is 0 Å². The minimum Gasteiger partial charge on any atom is -0.462 e. The van der Waals surface area contributed by atoms with E-state index in [2.05, 4.69) is 4.98 Å². The zero-order valence-corrected chi connectivity index (χ0v) is 18.0. The largest absolute Gasteiger partial charge is 0.462 e. The molecule has 1 fully saturated rings. The van der Waals surface area contributed by atoms with E-state index in [1.165, 1.54) is 28.6 Å². The summed E-state index contributed by atoms with van der Waals surface area (Å²) >= 11 is 5.98. The van der Waals surface area contributed by atoms with Gasteiger partial charge in [0.25, 0.3) is 0 Å². The van der Waals surface area contributed by atoms with E-state index in [1.54, 1.807) is 11.8 Å². The zero-order chi connectivity index (χ0) is 22.8. The van der Waals surface area contributed by atoms with Gasteiger partial charge in [0.05, 0.1) is 27.7 Å². The molecule has 0 saturated carbocycles. The molecule has 0 radical (unpaired) electrons. The molecule has 168 valence electrons. The third-order valence-corrected chi connectivity index (χ3v) is 6.88. The highest BCUT2D eigenvalue weighted by atomic mass is 35.5. The first-order chi connectivity index (χ1) is 14.5. The Labute approximate surface area is 182 Å². The lowest BCUT2D eigenvalue weighted by Crippen LogP contribution is -2.49. The number of esters is 1. The number of piperazine rings is 1. The van der Waals surface area contributed by atoms with Crippen molar-refractivity contribution in [3.8, 4) is 0 Å². The first-order valence-corrected chi connectivity index (χ1v) is 11.1. The number of pyridine rings is 1. The van der Waals surface area contributed by atoms with E-state index in [1.807, 2.05) is 0 Å². The maximum Gasteiger partial charge on any atom is 0.417 e. The average Bonchev–Trinajstić information content (AvgIpc) is 2.73. The van der Waals surface area contributed by atoms with Gasteiger partial charge in [-0.25, -0.2) is 18.2 Å². The number of benzene rings is 1. The molecule has 0 aliphatic carbocycles. The minimum absolute atomic E-state index is 0.0275. The molecule has 1 aliphatic heterocycles. The van der Waals surface area contributed by atoms with Crippen LogP contribution in [-0.4, -0.2) is 56.5 Å². The lowest BCUT2D eigenvalue weighted by atomic mass is 10.2. The van der Waals surface area contributed by atoms with E-state index >= 15 is 0 Å². The molecule has 0 unspecified atom stereocenters. The highest BCUT2D eigenvalue weighted by Gasteiger charge is 2.33. The van der Waals surface area contributed by atoms with Crippen molar-refractivity contribution in [2.24, 2.45) is 0 Å². The van der Waals surface area contributed by atoms with Crippen molar-refractivity contribution in [3.63, 3.8) is 0 Å². The maximum absolute atomic E-state index is 12.9. The fourth-order valence-corrected chi connectivity index (χ4v) is 4.79. The second-order valence-electron chi connectivity index (χ2n) is 6.66. The number of hydrogen-bond acceptors (Lipinski definition) is 6. The summed E-state index contributed by atoms with van der Waals surface area (Å²) in [6, 6.07) is 6.24. The zero-order valence-electron chi connectivity index (χ0n) is 16.4. The third kappa shape index (κ3) is 5.10. The number of ether oxygens (including phenoxy) is 1. The molecule has 0 atom stereocenters. The number of hydrogen-bond donors (Lipinski definition) is 0. The summed E-state index contributed by atoms with van der Waals surface area (Å²) in [7, 11) is -3.81. The van der Waals surface area contributed by atoms with Crippen molar-refractivity contribution in [3.05, 3.63) is 52.7 Å². The Hall–Kier alpha value is -2.37. The van der Waals surface area contributed by atoms with Crippen LogP contribution in [-0.2, 0) is 20.9 Å². The Balaban J connectivity index is 1.69. The number of carbonyl (C=O) groups is 1. The Kier molecular flexibility index (Phi) is 6.77. The summed E-state index contributed by atoms with van der Waals surface area (Å²) in [6.07, 6.45) is -3.85. The molecule has 1 saturated heterocycles. The number of aromatic nitrogens is 1. The van der Waals surface area contributed by atoms with Crippen molar-refractivity contribution in [1.29, 1.82) is 0 Å². The van der Waals surface area contributed by atoms with E-state index in [9.17, 15) is 26.4 Å². The standard InChI is InChI=1S/C19H19ClF3N3O4S/c1-2-30-18(27)13-3-5-15(6-4-13)31(28,29)26-9-7-25(8-10-26)17-16(20)11-14(12-24-17)19(21,22)23/h3-6,11-12H,2,7-10H2,1H3. The smallest absolute Gasteiger partial charge is 0.417 e. The summed E-state index contributed by atoms with van der Waals surface area (Å²) in [4.78, 5) is 17.2. The SMILES string of the molecule is CCOC(=O)c1ccc(S(=O)(=O)N2CCN(c3ncc(C(F)(F)F)cc3Cl)CC2)cc1. The Bertz CT molecular complexity index is 1050. The van der Waals surface area contributed by atoms with Gasteiger partial charge in [-0.15, -0.1) is 0 Å². The average molecular weight is 478 g/mol. The van der Waals surface area contributed by atoms with E-state index < -0.39 is 27.7 Å². The summed E-state index contributed by atoms with van der Waals surface area (Å²) in [6.45, 7) is 2.49. The van der Waals surface area contributed by atoms with Crippen molar-refractivity contribution in [1.82, 2.24) is 9.29 Å². The molecule has 0 bridgehead atoms. The molecule has 0 amide bonds. The van der Waals surface area contributed by atoms with Gasteiger partial charge in [-0.05, 0) is 37.3 Å². The molecule has 0 spiro atoms. The van der Waals surface area contributed by atoms with Gasteiger partial charge in [-0.2, -0.15) is 17.5 Å². The number of halogens is 4. The molecule has 2 heterocycles. The lowest BCUT2D eigenvalue weighted by molar-refractivity contribution is -0.137. The number of anilines is 1. The number of sulfonamides is 1. The molecule has 3 rings (SSSR count). The Morgan fingerprint density at radius 1 is 1.16 bits per heavy atom. The molecule has 1 aromatic carbocycles. The molecular formula is C19H19ClF3N3O4S. The normalized spacial score (nSPS) is 15.7. The van der Waals surface area contributed by atoms with Gasteiger partial charge in [0, 0.05) is 32.4 Å². The fraction of sp³-hybridized carbons (Fsp3) is 0.368. The highest BCUT2D eigenvalue weighted by Crippen LogP contribution is 2.34. The van der Waals surface area contributed by atoms with Gasteiger partial charge < -0.3 is 9.64 Å². The molecule has 2 aromatic rings. The topological polar surface area (TPSA) is 79.8 Å². The number of carbonyl (C=O) groups excluding carboxylic acids is 1. The van der Waals surface area contributed by atoms with Gasteiger partial charge in [0.15, 0.2) is 0 Å². The summed E-state index contributed by atoms with van der Waals surface area (Å²) < 4.78 is 70.3. The monoisotopic (exact) mass is 477 g/mol. The van der Waals surface area contributed by atoms with Gasteiger partial charge in [0.1, 0.15) is 5.82 Å². The number of alkyl halides is 3. The van der Waals surface area contributed by atoms with Crippen LogP contribution in [0.2, 0.25) is 5.02 Å². The van der Waals surface area contributed by atoms with Crippen LogP contribution in [0, 0.1) is 0 Å². The Morgan fingerprint density at radius 3 is 2.29 bits per heavy atom. The van der Waals surface area contributed by atoms with E-state index in [-0.39, 0.29) is 54.1 Å². The van der Waals surface area contributed by atoms with Crippen LogP contribution in [0.5, 0.6) is 0 Å². The summed E-state index contributed by atoms with van der Waals surface area (Å²) in [5.41, 5.74) is -0.706. The maximum atomic E-state index is 12.9. The van der Waals surface area contributed by atoms with Crippen molar-refractivity contribution in [2.75, 3.05) is 37.7 Å². The van der Waals surface area contributed by atoms with Crippen LogP contribution in [0.1, 0.15) is 22.8 Å². The molecule has 31 heavy (non-hydrogen) atoms. The van der Waals surface area contributed by atoms with Gasteiger partial charge in [0.2, 0.25) is 10.0 Å². The molecule has 7 nitrogen and oxygen atoms in total. The minimum atomic E-state index is -4.55. The lowest BCUT2D eigenvalue weighted by Gasteiger charge is -2.35. The number of nitrogens with zero attached hydrogens (tertiary/aromatic N) is 3. The van der Waals surface area contributed by atoms with E-state index in [4.69, 9.17) is 16.3 Å². The van der Waals surface area contributed by atoms with Crippen LogP contribution in [0.3, 0.4) is 0 Å². The van der Waals surface area contributed by atoms with Crippen molar-refractivity contribution in [2.45, 2.75) is 18.0 Å². The van der Waals surface area contributed by atoms with Crippen LogP contribution in [0.4, 0.5) is 19.0 Å². The molecule has 12 heteroatoms. The highest BCUT2D eigenvalue weighted by molar-refractivity contribution is 7.89. The predicted molar refractivity (Wildman–Crippen MR) is 108 cm³/mol. The van der Waals surface area contributed by atoms with Crippen LogP contribution in [0.15, 0.2) is 41.4 Å². The third-order valence-electron chi connectivity index (χ3n) is 4.69. The molecule has 0 N–H and O–H groups in total. The second kappa shape index (κ2) is 9.01. The molecule has 1 aromatic heterocycles. The van der Waals surface area contributed by atoms with Crippen LogP contribution < -0.4 is 4.90 Å². The van der Waals surface area contributed by atoms with E-state index in [0.717, 1.165) is 6.07 Å². The fourth-order valence-electron chi connectivity index (χ4n) is 3.09. The predicted octanol–water partition coefficient (Wildman–Crippen LogP) is 3.44. The second-order valence-corrected chi connectivity index (χ2v) is 9.01. The first kappa shape index (κ1) is 23.3. The van der Waals surface area contributed by atoms with Gasteiger partial charge in [-0.3, -0.25) is 0 Å². The van der Waals surface area contributed by atoms with Crippen molar-refractivity contribution >= 4 is 33.4 Å². The quantitative estimate of drug-likeness (QED) is 0.614. The van der Waals surface area contributed by atoms with E-state index in [0.29, 0.717) is 6.20 Å². The van der Waals surface area contributed by atoms with Gasteiger partial charge >= 0.3 is 12.1 Å². The molecular weight excluding hydrogens is 459 g/mol. The summed E-state index contributed by atoms with van der Waals surface area (Å²) in [5.74, 6) is -0.369.